The molecule has 2 amide bonds. The highest BCUT2D eigenvalue weighted by atomic mass is 16.3. The van der Waals surface area contributed by atoms with Gasteiger partial charge in [0.2, 0.25) is 0 Å². The Balaban J connectivity index is 2.12. The summed E-state index contributed by atoms with van der Waals surface area (Å²) in [5.74, 6) is 0.239. The number of amides is 2. The van der Waals surface area contributed by atoms with Gasteiger partial charge in [-0.1, -0.05) is 26.0 Å². The lowest BCUT2D eigenvalue weighted by atomic mass is 9.89. The Bertz CT molecular complexity index is 447. The lowest BCUT2D eigenvalue weighted by molar-refractivity contribution is 0.148. The first-order valence-corrected chi connectivity index (χ1v) is 7.33. The van der Waals surface area contributed by atoms with Crippen molar-refractivity contribution in [2.75, 3.05) is 19.7 Å². The number of phenols is 1. The molecule has 0 aliphatic carbocycles. The Hall–Kier alpha value is -1.75. The maximum absolute atomic E-state index is 11.6. The molecule has 5 nitrogen and oxygen atoms in total. The summed E-state index contributed by atoms with van der Waals surface area (Å²) >= 11 is 0. The van der Waals surface area contributed by atoms with E-state index in [0.29, 0.717) is 19.5 Å². The number of aliphatic hydroxyl groups is 1. The number of aliphatic hydroxyl groups excluding tert-OH is 1. The predicted octanol–water partition coefficient (Wildman–Crippen LogP) is 2.03. The maximum atomic E-state index is 11.6. The van der Waals surface area contributed by atoms with Crippen molar-refractivity contribution in [1.82, 2.24) is 10.6 Å². The normalized spacial score (nSPS) is 11.2. The average molecular weight is 294 g/mol. The minimum Gasteiger partial charge on any atom is -0.508 e. The van der Waals surface area contributed by atoms with Gasteiger partial charge in [0.05, 0.1) is 0 Å². The fourth-order valence-corrected chi connectivity index (χ4v) is 1.94. The Morgan fingerprint density at radius 1 is 1.24 bits per heavy atom. The van der Waals surface area contributed by atoms with E-state index in [1.165, 1.54) is 0 Å². The molecule has 0 bridgehead atoms. The molecule has 0 saturated carbocycles. The van der Waals surface area contributed by atoms with E-state index in [9.17, 15) is 9.90 Å². The average Bonchev–Trinajstić information content (AvgIpc) is 2.44. The van der Waals surface area contributed by atoms with Crippen molar-refractivity contribution >= 4 is 6.03 Å². The van der Waals surface area contributed by atoms with Gasteiger partial charge in [0.25, 0.3) is 0 Å². The molecule has 0 unspecified atom stereocenters. The summed E-state index contributed by atoms with van der Waals surface area (Å²) in [7, 11) is 0. The van der Waals surface area contributed by atoms with Gasteiger partial charge in [-0.25, -0.2) is 4.79 Å². The molecule has 5 heteroatoms. The largest absolute Gasteiger partial charge is 0.508 e. The lowest BCUT2D eigenvalue weighted by Gasteiger charge is -2.21. The van der Waals surface area contributed by atoms with E-state index in [1.54, 1.807) is 18.2 Å². The maximum Gasteiger partial charge on any atom is 0.314 e. The summed E-state index contributed by atoms with van der Waals surface area (Å²) in [5, 5.41) is 24.0. The summed E-state index contributed by atoms with van der Waals surface area (Å²) in [6.45, 7) is 5.28. The van der Waals surface area contributed by atoms with Crippen molar-refractivity contribution in [2.24, 2.45) is 5.41 Å². The standard InChI is InChI=1S/C16H26N2O3/c1-16(2,12-19)8-4-9-17-15(21)18-10-7-13-5-3-6-14(20)11-13/h3,5-6,11,19-20H,4,7-10,12H2,1-2H3,(H2,17,18,21). The lowest BCUT2D eigenvalue weighted by Crippen LogP contribution is -2.37. The summed E-state index contributed by atoms with van der Waals surface area (Å²) in [4.78, 5) is 11.6. The topological polar surface area (TPSA) is 81.6 Å². The molecule has 0 saturated heterocycles. The van der Waals surface area contributed by atoms with E-state index in [0.717, 1.165) is 18.4 Å². The Labute approximate surface area is 126 Å². The summed E-state index contributed by atoms with van der Waals surface area (Å²) < 4.78 is 0. The van der Waals surface area contributed by atoms with Crippen LogP contribution in [0.15, 0.2) is 24.3 Å². The van der Waals surface area contributed by atoms with Crippen molar-refractivity contribution in [1.29, 1.82) is 0 Å². The molecule has 1 aromatic rings. The molecular weight excluding hydrogens is 268 g/mol. The van der Waals surface area contributed by atoms with Crippen LogP contribution >= 0.6 is 0 Å². The first-order chi connectivity index (χ1) is 9.93. The number of urea groups is 1. The molecule has 118 valence electrons. The number of nitrogens with one attached hydrogen (secondary N) is 2. The number of phenolic OH excluding ortho intramolecular Hbond substituents is 1. The summed E-state index contributed by atoms with van der Waals surface area (Å²) in [5.41, 5.74) is 0.896. The molecule has 0 aliphatic rings. The number of carbonyl (C=O) groups is 1. The predicted molar refractivity (Wildman–Crippen MR) is 83.3 cm³/mol. The minimum atomic E-state index is -0.183. The second-order valence-corrected chi connectivity index (χ2v) is 6.03. The zero-order chi connectivity index (χ0) is 15.7. The van der Waals surface area contributed by atoms with E-state index in [-0.39, 0.29) is 23.8 Å². The highest BCUT2D eigenvalue weighted by Crippen LogP contribution is 2.20. The first-order valence-electron chi connectivity index (χ1n) is 7.33. The van der Waals surface area contributed by atoms with Crippen LogP contribution in [0.1, 0.15) is 32.3 Å². The SMILES string of the molecule is CC(C)(CO)CCCNC(=O)NCCc1cccc(O)c1. The van der Waals surface area contributed by atoms with Crippen LogP contribution in [0.4, 0.5) is 4.79 Å². The second kappa shape index (κ2) is 8.52. The number of carbonyl (C=O) groups excluding carboxylic acids is 1. The third-order valence-electron chi connectivity index (χ3n) is 3.35. The number of hydrogen-bond donors (Lipinski definition) is 4. The van der Waals surface area contributed by atoms with Crippen LogP contribution in [-0.4, -0.2) is 35.9 Å². The molecule has 0 spiro atoms. The molecular formula is C16H26N2O3. The van der Waals surface area contributed by atoms with Crippen LogP contribution in [0, 0.1) is 5.41 Å². The van der Waals surface area contributed by atoms with Crippen LogP contribution in [0.25, 0.3) is 0 Å². The number of aromatic hydroxyl groups is 1. The Morgan fingerprint density at radius 3 is 2.62 bits per heavy atom. The van der Waals surface area contributed by atoms with Gasteiger partial charge >= 0.3 is 6.03 Å². The van der Waals surface area contributed by atoms with Gasteiger partial charge in [0.15, 0.2) is 0 Å². The smallest absolute Gasteiger partial charge is 0.314 e. The van der Waals surface area contributed by atoms with E-state index < -0.39 is 0 Å². The van der Waals surface area contributed by atoms with E-state index in [4.69, 9.17) is 5.11 Å². The van der Waals surface area contributed by atoms with Gasteiger partial charge in [-0.15, -0.1) is 0 Å². The summed E-state index contributed by atoms with van der Waals surface area (Å²) in [6, 6.07) is 6.83. The number of hydrogen-bond acceptors (Lipinski definition) is 3. The molecule has 4 N–H and O–H groups in total. The molecule has 0 aromatic heterocycles. The highest BCUT2D eigenvalue weighted by molar-refractivity contribution is 5.73. The van der Waals surface area contributed by atoms with E-state index >= 15 is 0 Å². The summed E-state index contributed by atoms with van der Waals surface area (Å²) in [6.07, 6.45) is 2.39. The highest BCUT2D eigenvalue weighted by Gasteiger charge is 2.15. The Morgan fingerprint density at radius 2 is 1.95 bits per heavy atom. The quantitative estimate of drug-likeness (QED) is 0.554. The van der Waals surface area contributed by atoms with Crippen LogP contribution in [0.2, 0.25) is 0 Å². The van der Waals surface area contributed by atoms with E-state index in [1.807, 2.05) is 19.9 Å². The third kappa shape index (κ3) is 7.56. The minimum absolute atomic E-state index is 0.0898. The van der Waals surface area contributed by atoms with Crippen LogP contribution in [0.5, 0.6) is 5.75 Å². The van der Waals surface area contributed by atoms with Crippen molar-refractivity contribution in [3.63, 3.8) is 0 Å². The van der Waals surface area contributed by atoms with Crippen molar-refractivity contribution < 1.29 is 15.0 Å². The molecule has 1 rings (SSSR count). The van der Waals surface area contributed by atoms with Crippen LogP contribution in [0.3, 0.4) is 0 Å². The van der Waals surface area contributed by atoms with Crippen LogP contribution < -0.4 is 10.6 Å². The van der Waals surface area contributed by atoms with Gasteiger partial charge in [-0.2, -0.15) is 0 Å². The van der Waals surface area contributed by atoms with Gasteiger partial charge in [-0.3, -0.25) is 0 Å². The van der Waals surface area contributed by atoms with Crippen molar-refractivity contribution in [3.8, 4) is 5.75 Å². The van der Waals surface area contributed by atoms with Gasteiger partial charge in [-0.05, 0) is 42.4 Å². The van der Waals surface area contributed by atoms with Gasteiger partial charge < -0.3 is 20.8 Å². The molecule has 0 fully saturated rings. The fourth-order valence-electron chi connectivity index (χ4n) is 1.94. The second-order valence-electron chi connectivity index (χ2n) is 6.03. The van der Waals surface area contributed by atoms with Crippen LogP contribution in [-0.2, 0) is 6.42 Å². The third-order valence-corrected chi connectivity index (χ3v) is 3.35. The fraction of sp³-hybridized carbons (Fsp3) is 0.562. The molecule has 1 aromatic carbocycles. The van der Waals surface area contributed by atoms with Crippen molar-refractivity contribution in [3.05, 3.63) is 29.8 Å². The molecule has 21 heavy (non-hydrogen) atoms. The zero-order valence-electron chi connectivity index (χ0n) is 12.9. The van der Waals surface area contributed by atoms with E-state index in [2.05, 4.69) is 10.6 Å². The zero-order valence-corrected chi connectivity index (χ0v) is 12.9. The monoisotopic (exact) mass is 294 g/mol. The molecule has 0 atom stereocenters. The van der Waals surface area contributed by atoms with Crippen molar-refractivity contribution in [2.45, 2.75) is 33.1 Å². The molecule has 0 heterocycles. The number of benzene rings is 1. The molecule has 0 radical (unpaired) electrons. The first kappa shape index (κ1) is 17.3. The Kier molecular flexibility index (Phi) is 7.02. The van der Waals surface area contributed by atoms with Gasteiger partial charge in [0, 0.05) is 19.7 Å². The van der Waals surface area contributed by atoms with Gasteiger partial charge in [0.1, 0.15) is 5.75 Å². The number of rotatable bonds is 8. The molecule has 0 aliphatic heterocycles.